The summed E-state index contributed by atoms with van der Waals surface area (Å²) in [5, 5.41) is 20.0. The second-order valence-electron chi connectivity index (χ2n) is 7.44. The number of phenols is 1. The van der Waals surface area contributed by atoms with E-state index in [4.69, 9.17) is 0 Å². The number of fused-ring (bicyclic) bond motifs is 5. The number of aliphatic hydroxyl groups excluding tert-OH is 1. The van der Waals surface area contributed by atoms with E-state index in [0.29, 0.717) is 17.6 Å². The normalized spacial score (nSPS) is 42.7. The highest BCUT2D eigenvalue weighted by Crippen LogP contribution is 2.60. The summed E-state index contributed by atoms with van der Waals surface area (Å²) in [6.07, 6.45) is 6.78. The average molecular weight is 272 g/mol. The predicted molar refractivity (Wildman–Crippen MR) is 78.7 cm³/mol. The highest BCUT2D eigenvalue weighted by atomic mass is 16.3. The first-order valence-corrected chi connectivity index (χ1v) is 8.09. The minimum atomic E-state index is -0.0883. The standard InChI is InChI=1S/C18H24O2/c1-18-9-8-14-13-5-3-12(19)10-11(13)2-4-15(14)16(18)6-7-17(18)20/h3,5,10,14-17,19-20H,2,4,6-9H2,1H3/t14-,15+,16+,17+,18+/m1/s1. The van der Waals surface area contributed by atoms with Crippen molar-refractivity contribution < 1.29 is 10.2 Å². The number of aromatic hydroxyl groups is 1. The van der Waals surface area contributed by atoms with Crippen LogP contribution in [0, 0.1) is 17.3 Å². The first-order chi connectivity index (χ1) is 9.59. The fraction of sp³-hybridized carbons (Fsp3) is 0.667. The lowest BCUT2D eigenvalue weighted by atomic mass is 9.55. The molecule has 108 valence electrons. The maximum absolute atomic E-state index is 10.4. The van der Waals surface area contributed by atoms with Gasteiger partial charge in [-0.05, 0) is 85.0 Å². The fourth-order valence-electron chi connectivity index (χ4n) is 5.54. The quantitative estimate of drug-likeness (QED) is 0.757. The topological polar surface area (TPSA) is 40.5 Å². The third kappa shape index (κ3) is 1.60. The molecular formula is C18H24O2. The van der Waals surface area contributed by atoms with Gasteiger partial charge in [-0.2, -0.15) is 0 Å². The molecule has 0 radical (unpaired) electrons. The van der Waals surface area contributed by atoms with Crippen molar-refractivity contribution in [3.8, 4) is 5.75 Å². The van der Waals surface area contributed by atoms with Crippen molar-refractivity contribution >= 4 is 0 Å². The fourth-order valence-corrected chi connectivity index (χ4v) is 5.54. The lowest BCUT2D eigenvalue weighted by molar-refractivity contribution is -0.0226. The molecule has 5 atom stereocenters. The van der Waals surface area contributed by atoms with Gasteiger partial charge >= 0.3 is 0 Å². The number of rotatable bonds is 0. The van der Waals surface area contributed by atoms with E-state index >= 15 is 0 Å². The SMILES string of the molecule is C[C@]12CC[C@@H]3c4ccc(O)cc4CC[C@@H]3[C@@H]1CC[C@@H]2O. The van der Waals surface area contributed by atoms with E-state index in [2.05, 4.69) is 13.0 Å². The van der Waals surface area contributed by atoms with Crippen molar-refractivity contribution in [3.05, 3.63) is 29.3 Å². The van der Waals surface area contributed by atoms with Crippen molar-refractivity contribution in [2.75, 3.05) is 0 Å². The van der Waals surface area contributed by atoms with Crippen LogP contribution in [-0.2, 0) is 6.42 Å². The van der Waals surface area contributed by atoms with Crippen LogP contribution in [0.25, 0.3) is 0 Å². The molecule has 3 aliphatic carbocycles. The number of phenolic OH excluding ortho intramolecular Hbond substituents is 1. The number of hydrogen-bond acceptors (Lipinski definition) is 2. The second-order valence-corrected chi connectivity index (χ2v) is 7.44. The summed E-state index contributed by atoms with van der Waals surface area (Å²) >= 11 is 0. The summed E-state index contributed by atoms with van der Waals surface area (Å²) in [6, 6.07) is 5.96. The Kier molecular flexibility index (Phi) is 2.69. The van der Waals surface area contributed by atoms with Crippen molar-refractivity contribution in [2.45, 2.75) is 57.5 Å². The van der Waals surface area contributed by atoms with Crippen molar-refractivity contribution in [2.24, 2.45) is 17.3 Å². The van der Waals surface area contributed by atoms with Crippen molar-refractivity contribution in [1.29, 1.82) is 0 Å². The molecule has 0 aromatic heterocycles. The zero-order chi connectivity index (χ0) is 13.9. The maximum atomic E-state index is 10.4. The molecular weight excluding hydrogens is 248 g/mol. The van der Waals surface area contributed by atoms with Gasteiger partial charge in [0.25, 0.3) is 0 Å². The zero-order valence-electron chi connectivity index (χ0n) is 12.2. The maximum Gasteiger partial charge on any atom is 0.115 e. The van der Waals surface area contributed by atoms with Gasteiger partial charge in [0.2, 0.25) is 0 Å². The molecule has 3 aliphatic rings. The van der Waals surface area contributed by atoms with E-state index in [9.17, 15) is 10.2 Å². The number of benzene rings is 1. The summed E-state index contributed by atoms with van der Waals surface area (Å²) < 4.78 is 0. The van der Waals surface area contributed by atoms with Crippen LogP contribution >= 0.6 is 0 Å². The largest absolute Gasteiger partial charge is 0.508 e. The Morgan fingerprint density at radius 3 is 2.85 bits per heavy atom. The van der Waals surface area contributed by atoms with Crippen LogP contribution in [0.1, 0.15) is 56.1 Å². The number of hydrogen-bond donors (Lipinski definition) is 2. The predicted octanol–water partition coefficient (Wildman–Crippen LogP) is 3.61. The molecule has 20 heavy (non-hydrogen) atoms. The van der Waals surface area contributed by atoms with Gasteiger partial charge in [0.05, 0.1) is 6.10 Å². The summed E-state index contributed by atoms with van der Waals surface area (Å²) in [4.78, 5) is 0. The minimum absolute atomic E-state index is 0.0883. The Hall–Kier alpha value is -1.02. The Labute approximate surface area is 120 Å². The lowest BCUT2D eigenvalue weighted by Crippen LogP contribution is -2.43. The van der Waals surface area contributed by atoms with E-state index in [0.717, 1.165) is 25.2 Å². The molecule has 0 unspecified atom stereocenters. The Bertz CT molecular complexity index is 538. The van der Waals surface area contributed by atoms with Gasteiger partial charge in [0, 0.05) is 0 Å². The lowest BCUT2D eigenvalue weighted by Gasteiger charge is -2.50. The number of aliphatic hydroxyl groups is 1. The molecule has 1 aromatic rings. The van der Waals surface area contributed by atoms with E-state index in [-0.39, 0.29) is 11.5 Å². The first kappa shape index (κ1) is 12.7. The van der Waals surface area contributed by atoms with Gasteiger partial charge in [0.1, 0.15) is 5.75 Å². The highest BCUT2D eigenvalue weighted by molar-refractivity contribution is 5.40. The summed E-state index contributed by atoms with van der Waals surface area (Å²) in [5.41, 5.74) is 2.99. The van der Waals surface area contributed by atoms with Crippen LogP contribution < -0.4 is 0 Å². The summed E-state index contributed by atoms with van der Waals surface area (Å²) in [7, 11) is 0. The highest BCUT2D eigenvalue weighted by Gasteiger charge is 2.54. The summed E-state index contributed by atoms with van der Waals surface area (Å²) in [6.45, 7) is 2.32. The van der Waals surface area contributed by atoms with E-state index in [1.165, 1.54) is 30.4 Å². The van der Waals surface area contributed by atoms with Gasteiger partial charge in [-0.1, -0.05) is 13.0 Å². The molecule has 2 nitrogen and oxygen atoms in total. The van der Waals surface area contributed by atoms with Crippen LogP contribution in [0.15, 0.2) is 18.2 Å². The second kappa shape index (κ2) is 4.24. The Morgan fingerprint density at radius 2 is 2.00 bits per heavy atom. The summed E-state index contributed by atoms with van der Waals surface area (Å²) in [5.74, 6) is 2.49. The molecule has 2 fully saturated rings. The molecule has 0 heterocycles. The first-order valence-electron chi connectivity index (χ1n) is 8.09. The van der Waals surface area contributed by atoms with Crippen LogP contribution in [-0.4, -0.2) is 16.3 Å². The van der Waals surface area contributed by atoms with Crippen molar-refractivity contribution in [1.82, 2.24) is 0 Å². The zero-order valence-corrected chi connectivity index (χ0v) is 12.2. The van der Waals surface area contributed by atoms with Gasteiger partial charge in [-0.3, -0.25) is 0 Å². The molecule has 0 aliphatic heterocycles. The molecule has 2 N–H and O–H groups in total. The molecule has 0 saturated heterocycles. The monoisotopic (exact) mass is 272 g/mol. The molecule has 2 saturated carbocycles. The van der Waals surface area contributed by atoms with Gasteiger partial charge in [-0.25, -0.2) is 0 Å². The number of aryl methyl sites for hydroxylation is 1. The van der Waals surface area contributed by atoms with Crippen molar-refractivity contribution in [3.63, 3.8) is 0 Å². The van der Waals surface area contributed by atoms with Crippen LogP contribution in [0.2, 0.25) is 0 Å². The van der Waals surface area contributed by atoms with E-state index < -0.39 is 0 Å². The van der Waals surface area contributed by atoms with Crippen LogP contribution in [0.3, 0.4) is 0 Å². The van der Waals surface area contributed by atoms with E-state index in [1.54, 1.807) is 0 Å². The molecule has 4 rings (SSSR count). The molecule has 0 bridgehead atoms. The van der Waals surface area contributed by atoms with E-state index in [1.807, 2.05) is 12.1 Å². The third-order valence-electron chi connectivity index (χ3n) is 6.66. The van der Waals surface area contributed by atoms with Crippen LogP contribution in [0.5, 0.6) is 5.75 Å². The van der Waals surface area contributed by atoms with Gasteiger partial charge in [0.15, 0.2) is 0 Å². The smallest absolute Gasteiger partial charge is 0.115 e. The minimum Gasteiger partial charge on any atom is -0.508 e. The Morgan fingerprint density at radius 1 is 1.15 bits per heavy atom. The Balaban J connectivity index is 1.71. The average Bonchev–Trinajstić information content (AvgIpc) is 2.74. The molecule has 0 amide bonds. The third-order valence-corrected chi connectivity index (χ3v) is 6.66. The molecule has 1 aromatic carbocycles. The van der Waals surface area contributed by atoms with Gasteiger partial charge in [-0.15, -0.1) is 0 Å². The molecule has 2 heteroatoms. The van der Waals surface area contributed by atoms with Gasteiger partial charge < -0.3 is 10.2 Å². The van der Waals surface area contributed by atoms with Crippen LogP contribution in [0.4, 0.5) is 0 Å². The molecule has 0 spiro atoms.